The highest BCUT2D eigenvalue weighted by atomic mass is 16.2. The van der Waals surface area contributed by atoms with Gasteiger partial charge in [-0.2, -0.15) is 0 Å². The van der Waals surface area contributed by atoms with E-state index in [1.807, 2.05) is 30.5 Å². The number of aromatic amines is 1. The predicted octanol–water partition coefficient (Wildman–Crippen LogP) is 1.47. The van der Waals surface area contributed by atoms with E-state index >= 15 is 0 Å². The van der Waals surface area contributed by atoms with Crippen LogP contribution in [-0.4, -0.2) is 26.9 Å². The van der Waals surface area contributed by atoms with E-state index < -0.39 is 6.04 Å². The summed E-state index contributed by atoms with van der Waals surface area (Å²) in [5, 5.41) is 3.69. The van der Waals surface area contributed by atoms with E-state index in [2.05, 4.69) is 20.3 Å². The summed E-state index contributed by atoms with van der Waals surface area (Å²) in [6.45, 7) is 0. The minimum atomic E-state index is -0.659. The number of H-pyrrole nitrogens is 1. The molecule has 2 aromatic heterocycles. The van der Waals surface area contributed by atoms with Crippen LogP contribution in [0.15, 0.2) is 48.9 Å². The molecule has 0 aliphatic rings. The van der Waals surface area contributed by atoms with Crippen LogP contribution >= 0.6 is 0 Å². The second-order valence-corrected chi connectivity index (χ2v) is 4.73. The maximum absolute atomic E-state index is 12.0. The van der Waals surface area contributed by atoms with Crippen LogP contribution in [0.2, 0.25) is 0 Å². The van der Waals surface area contributed by atoms with Crippen LogP contribution < -0.4 is 11.1 Å². The van der Waals surface area contributed by atoms with Crippen LogP contribution in [0.5, 0.6) is 0 Å². The van der Waals surface area contributed by atoms with Crippen LogP contribution in [-0.2, 0) is 11.2 Å². The number of hydrogen-bond donors (Lipinski definition) is 3. The number of carbonyl (C=O) groups excluding carboxylic acids is 1. The maximum atomic E-state index is 12.0. The molecular weight excluding hydrogens is 266 g/mol. The highest BCUT2D eigenvalue weighted by Gasteiger charge is 2.17. The first-order chi connectivity index (χ1) is 10.2. The summed E-state index contributed by atoms with van der Waals surface area (Å²) in [5.41, 5.74) is 8.02. The second kappa shape index (κ2) is 5.72. The molecule has 1 aromatic carbocycles. The van der Waals surface area contributed by atoms with Crippen molar-refractivity contribution in [3.05, 3.63) is 54.5 Å². The average Bonchev–Trinajstić information content (AvgIpc) is 2.91. The molecule has 1 atom stereocenters. The molecule has 0 saturated heterocycles. The van der Waals surface area contributed by atoms with Gasteiger partial charge in [-0.3, -0.25) is 10.1 Å². The molecule has 3 rings (SSSR count). The quantitative estimate of drug-likeness (QED) is 0.674. The molecule has 1 amide bonds. The van der Waals surface area contributed by atoms with E-state index in [-0.39, 0.29) is 11.9 Å². The number of hydrogen-bond acceptors (Lipinski definition) is 4. The molecule has 3 aromatic rings. The van der Waals surface area contributed by atoms with Gasteiger partial charge in [-0.05, 0) is 24.1 Å². The molecule has 0 aliphatic heterocycles. The number of amides is 1. The van der Waals surface area contributed by atoms with Gasteiger partial charge in [0.25, 0.3) is 0 Å². The molecule has 4 N–H and O–H groups in total. The van der Waals surface area contributed by atoms with Gasteiger partial charge in [-0.25, -0.2) is 9.97 Å². The maximum Gasteiger partial charge on any atom is 0.243 e. The first kappa shape index (κ1) is 13.3. The Morgan fingerprint density at radius 1 is 1.24 bits per heavy atom. The number of aromatic nitrogens is 3. The molecule has 0 fully saturated rings. The highest BCUT2D eigenvalue weighted by Crippen LogP contribution is 2.18. The van der Waals surface area contributed by atoms with Crippen molar-refractivity contribution in [3.8, 4) is 0 Å². The minimum absolute atomic E-state index is 0.261. The van der Waals surface area contributed by atoms with E-state index in [9.17, 15) is 4.79 Å². The Bertz CT molecular complexity index is 753. The van der Waals surface area contributed by atoms with Gasteiger partial charge in [0, 0.05) is 29.5 Å². The summed E-state index contributed by atoms with van der Waals surface area (Å²) >= 11 is 0. The van der Waals surface area contributed by atoms with Crippen molar-refractivity contribution >= 4 is 22.8 Å². The summed E-state index contributed by atoms with van der Waals surface area (Å²) in [4.78, 5) is 23.1. The third kappa shape index (κ3) is 2.90. The number of fused-ring (bicyclic) bond motifs is 1. The van der Waals surface area contributed by atoms with Crippen molar-refractivity contribution in [2.75, 3.05) is 5.32 Å². The Hall–Kier alpha value is -2.73. The monoisotopic (exact) mass is 281 g/mol. The Kier molecular flexibility index (Phi) is 3.61. The lowest BCUT2D eigenvalue weighted by atomic mass is 10.1. The summed E-state index contributed by atoms with van der Waals surface area (Å²) in [7, 11) is 0. The number of benzene rings is 1. The normalized spacial score (nSPS) is 12.2. The van der Waals surface area contributed by atoms with Crippen molar-refractivity contribution in [3.63, 3.8) is 0 Å². The zero-order chi connectivity index (χ0) is 14.7. The Morgan fingerprint density at radius 3 is 2.81 bits per heavy atom. The summed E-state index contributed by atoms with van der Waals surface area (Å²) < 4.78 is 0. The fraction of sp³-hybridized carbons (Fsp3) is 0.133. The number of nitrogens with one attached hydrogen (secondary N) is 2. The molecule has 0 aliphatic carbocycles. The lowest BCUT2D eigenvalue weighted by molar-refractivity contribution is -0.117. The minimum Gasteiger partial charge on any atom is -0.361 e. The predicted molar refractivity (Wildman–Crippen MR) is 80.6 cm³/mol. The van der Waals surface area contributed by atoms with Gasteiger partial charge in [0.05, 0.1) is 6.04 Å². The first-order valence-electron chi connectivity index (χ1n) is 6.62. The molecule has 0 spiro atoms. The van der Waals surface area contributed by atoms with Gasteiger partial charge in [0.15, 0.2) is 0 Å². The van der Waals surface area contributed by atoms with Crippen molar-refractivity contribution in [2.45, 2.75) is 12.5 Å². The van der Waals surface area contributed by atoms with Gasteiger partial charge in [0.2, 0.25) is 11.9 Å². The standard InChI is InChI=1S/C15H15N5O/c16-12(14(21)20-15-17-6-3-7-18-15)8-10-9-19-13-5-2-1-4-11(10)13/h1-7,9,12,19H,8,16H2,(H,17,18,20,21)/t12-/m0/s1. The largest absolute Gasteiger partial charge is 0.361 e. The van der Waals surface area contributed by atoms with Crippen LogP contribution in [0.3, 0.4) is 0 Å². The Labute approximate surface area is 121 Å². The van der Waals surface area contributed by atoms with Crippen molar-refractivity contribution in [1.29, 1.82) is 0 Å². The summed E-state index contributed by atoms with van der Waals surface area (Å²) in [6, 6.07) is 8.94. The number of para-hydroxylation sites is 1. The molecule has 106 valence electrons. The molecule has 21 heavy (non-hydrogen) atoms. The molecule has 0 saturated carbocycles. The van der Waals surface area contributed by atoms with E-state index in [0.29, 0.717) is 6.42 Å². The lowest BCUT2D eigenvalue weighted by Crippen LogP contribution is -2.37. The number of anilines is 1. The fourth-order valence-corrected chi connectivity index (χ4v) is 2.20. The smallest absolute Gasteiger partial charge is 0.243 e. The first-order valence-corrected chi connectivity index (χ1v) is 6.62. The van der Waals surface area contributed by atoms with Crippen LogP contribution in [0.25, 0.3) is 10.9 Å². The van der Waals surface area contributed by atoms with E-state index in [0.717, 1.165) is 16.5 Å². The molecule has 0 bridgehead atoms. The molecule has 0 unspecified atom stereocenters. The molecule has 6 nitrogen and oxygen atoms in total. The third-order valence-electron chi connectivity index (χ3n) is 3.25. The van der Waals surface area contributed by atoms with Crippen molar-refractivity contribution < 1.29 is 4.79 Å². The lowest BCUT2D eigenvalue weighted by Gasteiger charge is -2.10. The van der Waals surface area contributed by atoms with Crippen LogP contribution in [0.1, 0.15) is 5.56 Å². The zero-order valence-electron chi connectivity index (χ0n) is 11.3. The topological polar surface area (TPSA) is 96.7 Å². The zero-order valence-corrected chi connectivity index (χ0v) is 11.3. The van der Waals surface area contributed by atoms with Gasteiger partial charge >= 0.3 is 0 Å². The van der Waals surface area contributed by atoms with Gasteiger partial charge in [-0.1, -0.05) is 18.2 Å². The van der Waals surface area contributed by atoms with Crippen LogP contribution in [0.4, 0.5) is 5.95 Å². The highest BCUT2D eigenvalue weighted by molar-refractivity contribution is 5.94. The number of nitrogens with zero attached hydrogens (tertiary/aromatic N) is 2. The van der Waals surface area contributed by atoms with E-state index in [1.54, 1.807) is 18.5 Å². The van der Waals surface area contributed by atoms with Gasteiger partial charge < -0.3 is 10.7 Å². The van der Waals surface area contributed by atoms with Crippen molar-refractivity contribution in [1.82, 2.24) is 15.0 Å². The number of rotatable bonds is 4. The molecule has 6 heteroatoms. The SMILES string of the molecule is N[C@@H](Cc1c[nH]c2ccccc12)C(=O)Nc1ncccn1. The second-order valence-electron chi connectivity index (χ2n) is 4.73. The van der Waals surface area contributed by atoms with Gasteiger partial charge in [0.1, 0.15) is 0 Å². The third-order valence-corrected chi connectivity index (χ3v) is 3.25. The molecule has 0 radical (unpaired) electrons. The van der Waals surface area contributed by atoms with Gasteiger partial charge in [-0.15, -0.1) is 0 Å². The van der Waals surface area contributed by atoms with E-state index in [4.69, 9.17) is 5.73 Å². The average molecular weight is 281 g/mol. The molecular formula is C15H15N5O. The molecule has 2 heterocycles. The van der Waals surface area contributed by atoms with E-state index in [1.165, 1.54) is 0 Å². The Balaban J connectivity index is 1.71. The number of nitrogens with two attached hydrogens (primary N) is 1. The fourth-order valence-electron chi connectivity index (χ4n) is 2.20. The van der Waals surface area contributed by atoms with Crippen LogP contribution in [0, 0.1) is 0 Å². The van der Waals surface area contributed by atoms with Crippen molar-refractivity contribution in [2.24, 2.45) is 5.73 Å². The summed E-state index contributed by atoms with van der Waals surface area (Å²) in [6.07, 6.45) is 5.46. The Morgan fingerprint density at radius 2 is 2.00 bits per heavy atom. The summed E-state index contributed by atoms with van der Waals surface area (Å²) in [5.74, 6) is -0.0386. The number of carbonyl (C=O) groups is 1.